The lowest BCUT2D eigenvalue weighted by molar-refractivity contribution is 0.427. The highest BCUT2D eigenvalue weighted by Crippen LogP contribution is 2.26. The Kier molecular flexibility index (Phi) is 2.91. The molecule has 1 fully saturated rings. The third-order valence-corrected chi connectivity index (χ3v) is 3.84. The van der Waals surface area contributed by atoms with Gasteiger partial charge in [-0.3, -0.25) is 0 Å². The lowest BCUT2D eigenvalue weighted by Crippen LogP contribution is -2.28. The van der Waals surface area contributed by atoms with Crippen molar-refractivity contribution in [1.29, 1.82) is 0 Å². The maximum Gasteiger partial charge on any atom is 0.136 e. The van der Waals surface area contributed by atoms with E-state index in [9.17, 15) is 0 Å². The minimum atomic E-state index is 0.639. The van der Waals surface area contributed by atoms with Crippen LogP contribution in [0.5, 0.6) is 0 Å². The molecular formula is C12H20N4. The highest BCUT2D eigenvalue weighted by molar-refractivity contribution is 5.04. The van der Waals surface area contributed by atoms with E-state index >= 15 is 0 Å². The van der Waals surface area contributed by atoms with Gasteiger partial charge in [0.2, 0.25) is 0 Å². The van der Waals surface area contributed by atoms with Gasteiger partial charge in [-0.15, -0.1) is 10.2 Å². The molecule has 16 heavy (non-hydrogen) atoms. The largest absolute Gasteiger partial charge is 0.317 e. The van der Waals surface area contributed by atoms with Crippen molar-refractivity contribution in [2.75, 3.05) is 13.1 Å². The van der Waals surface area contributed by atoms with Gasteiger partial charge in [0.1, 0.15) is 11.6 Å². The first-order chi connectivity index (χ1) is 7.95. The molecule has 2 aliphatic heterocycles. The number of nitrogens with zero attached hydrogens (tertiary/aromatic N) is 3. The van der Waals surface area contributed by atoms with Gasteiger partial charge in [-0.05, 0) is 38.8 Å². The van der Waals surface area contributed by atoms with Crippen molar-refractivity contribution >= 4 is 0 Å². The first kappa shape index (κ1) is 10.3. The lowest BCUT2D eigenvalue weighted by atomic mass is 9.97. The highest BCUT2D eigenvalue weighted by Gasteiger charge is 2.23. The van der Waals surface area contributed by atoms with Gasteiger partial charge in [-0.25, -0.2) is 0 Å². The Hall–Kier alpha value is -0.900. The van der Waals surface area contributed by atoms with E-state index in [2.05, 4.69) is 20.1 Å². The smallest absolute Gasteiger partial charge is 0.136 e. The number of piperidine rings is 1. The SMILES string of the molecule is C1CCc2nnc(C3CCNCC3)n2CC1. The average Bonchev–Trinajstić information content (AvgIpc) is 2.60. The maximum atomic E-state index is 4.45. The topological polar surface area (TPSA) is 42.7 Å². The summed E-state index contributed by atoms with van der Waals surface area (Å²) >= 11 is 0. The van der Waals surface area contributed by atoms with Gasteiger partial charge in [-0.2, -0.15) is 0 Å². The fourth-order valence-electron chi connectivity index (χ4n) is 2.89. The zero-order valence-corrected chi connectivity index (χ0v) is 9.78. The molecule has 0 unspecified atom stereocenters. The van der Waals surface area contributed by atoms with Crippen molar-refractivity contribution in [2.24, 2.45) is 0 Å². The molecule has 1 saturated heterocycles. The summed E-state index contributed by atoms with van der Waals surface area (Å²) in [6, 6.07) is 0. The molecule has 3 heterocycles. The van der Waals surface area contributed by atoms with E-state index in [1.165, 1.54) is 43.8 Å². The molecule has 4 nitrogen and oxygen atoms in total. The molecule has 0 saturated carbocycles. The quantitative estimate of drug-likeness (QED) is 0.779. The van der Waals surface area contributed by atoms with Crippen LogP contribution in [0, 0.1) is 0 Å². The van der Waals surface area contributed by atoms with E-state index in [1.54, 1.807) is 0 Å². The number of fused-ring (bicyclic) bond motifs is 1. The first-order valence-corrected chi connectivity index (χ1v) is 6.58. The fraction of sp³-hybridized carbons (Fsp3) is 0.833. The summed E-state index contributed by atoms with van der Waals surface area (Å²) < 4.78 is 2.41. The molecule has 3 rings (SSSR count). The molecule has 1 aromatic rings. The molecule has 4 heteroatoms. The van der Waals surface area contributed by atoms with Gasteiger partial charge in [-0.1, -0.05) is 6.42 Å². The molecule has 0 aromatic carbocycles. The highest BCUT2D eigenvalue weighted by atomic mass is 15.3. The number of hydrogen-bond acceptors (Lipinski definition) is 3. The molecule has 0 aliphatic carbocycles. The van der Waals surface area contributed by atoms with Crippen molar-refractivity contribution in [3.63, 3.8) is 0 Å². The van der Waals surface area contributed by atoms with Crippen molar-refractivity contribution in [3.8, 4) is 0 Å². The number of nitrogens with one attached hydrogen (secondary N) is 1. The first-order valence-electron chi connectivity index (χ1n) is 6.58. The Morgan fingerprint density at radius 2 is 1.94 bits per heavy atom. The molecule has 2 aliphatic rings. The summed E-state index contributed by atoms with van der Waals surface area (Å²) in [6.07, 6.45) is 7.48. The average molecular weight is 220 g/mol. The number of rotatable bonds is 1. The molecular weight excluding hydrogens is 200 g/mol. The standard InChI is InChI=1S/C12H20N4/c1-2-4-11-14-15-12(16(11)9-3-1)10-5-7-13-8-6-10/h10,13H,1-9H2. The minimum Gasteiger partial charge on any atom is -0.317 e. The predicted molar refractivity (Wildman–Crippen MR) is 62.4 cm³/mol. The summed E-state index contributed by atoms with van der Waals surface area (Å²) in [6.45, 7) is 3.40. The van der Waals surface area contributed by atoms with Crippen LogP contribution in [0.15, 0.2) is 0 Å². The Balaban J connectivity index is 1.86. The van der Waals surface area contributed by atoms with E-state index < -0.39 is 0 Å². The number of hydrogen-bond donors (Lipinski definition) is 1. The zero-order chi connectivity index (χ0) is 10.8. The van der Waals surface area contributed by atoms with Crippen LogP contribution in [-0.2, 0) is 13.0 Å². The molecule has 0 atom stereocenters. The molecule has 88 valence electrons. The van der Waals surface area contributed by atoms with Gasteiger partial charge in [0.15, 0.2) is 0 Å². The Morgan fingerprint density at radius 3 is 2.81 bits per heavy atom. The van der Waals surface area contributed by atoms with Crippen LogP contribution in [0.4, 0.5) is 0 Å². The van der Waals surface area contributed by atoms with Gasteiger partial charge in [0, 0.05) is 18.9 Å². The van der Waals surface area contributed by atoms with Crippen LogP contribution in [-0.4, -0.2) is 27.9 Å². The second-order valence-electron chi connectivity index (χ2n) is 4.96. The molecule has 0 spiro atoms. The molecule has 1 aromatic heterocycles. The second kappa shape index (κ2) is 4.53. The van der Waals surface area contributed by atoms with Crippen LogP contribution in [0.1, 0.15) is 49.7 Å². The summed E-state index contributed by atoms with van der Waals surface area (Å²) in [5.41, 5.74) is 0. The molecule has 0 amide bonds. The zero-order valence-electron chi connectivity index (χ0n) is 9.78. The molecule has 0 bridgehead atoms. The van der Waals surface area contributed by atoms with E-state index in [0.717, 1.165) is 26.1 Å². The van der Waals surface area contributed by atoms with Crippen LogP contribution in [0.25, 0.3) is 0 Å². The van der Waals surface area contributed by atoms with Gasteiger partial charge < -0.3 is 9.88 Å². The predicted octanol–water partition coefficient (Wildman–Crippen LogP) is 1.47. The van der Waals surface area contributed by atoms with Gasteiger partial charge in [0.05, 0.1) is 0 Å². The summed E-state index contributed by atoms with van der Waals surface area (Å²) in [4.78, 5) is 0. The maximum absolute atomic E-state index is 4.45. The fourth-order valence-corrected chi connectivity index (χ4v) is 2.89. The van der Waals surface area contributed by atoms with Crippen LogP contribution < -0.4 is 5.32 Å². The lowest BCUT2D eigenvalue weighted by Gasteiger charge is -2.22. The Bertz CT molecular complexity index is 352. The van der Waals surface area contributed by atoms with Crippen LogP contribution in [0.3, 0.4) is 0 Å². The third-order valence-electron chi connectivity index (χ3n) is 3.84. The molecule has 1 N–H and O–H groups in total. The van der Waals surface area contributed by atoms with Crippen molar-refractivity contribution in [2.45, 2.75) is 51.0 Å². The summed E-state index contributed by atoms with van der Waals surface area (Å²) in [5, 5.41) is 12.2. The minimum absolute atomic E-state index is 0.639. The van der Waals surface area contributed by atoms with Crippen LogP contribution in [0.2, 0.25) is 0 Å². The van der Waals surface area contributed by atoms with E-state index in [0.29, 0.717) is 5.92 Å². The van der Waals surface area contributed by atoms with E-state index in [-0.39, 0.29) is 0 Å². The summed E-state index contributed by atoms with van der Waals surface area (Å²) in [5.74, 6) is 3.13. The van der Waals surface area contributed by atoms with Gasteiger partial charge >= 0.3 is 0 Å². The van der Waals surface area contributed by atoms with E-state index in [4.69, 9.17) is 0 Å². The van der Waals surface area contributed by atoms with Gasteiger partial charge in [0.25, 0.3) is 0 Å². The monoisotopic (exact) mass is 220 g/mol. The van der Waals surface area contributed by atoms with Crippen LogP contribution >= 0.6 is 0 Å². The van der Waals surface area contributed by atoms with Crippen molar-refractivity contribution in [1.82, 2.24) is 20.1 Å². The normalized spacial score (nSPS) is 22.8. The number of aromatic nitrogens is 3. The summed E-state index contributed by atoms with van der Waals surface area (Å²) in [7, 11) is 0. The van der Waals surface area contributed by atoms with E-state index in [1.807, 2.05) is 0 Å². The van der Waals surface area contributed by atoms with Crippen molar-refractivity contribution in [3.05, 3.63) is 11.6 Å². The molecule has 0 radical (unpaired) electrons. The third kappa shape index (κ3) is 1.86. The number of aryl methyl sites for hydroxylation is 1. The Morgan fingerprint density at radius 1 is 1.06 bits per heavy atom. The van der Waals surface area contributed by atoms with Crippen molar-refractivity contribution < 1.29 is 0 Å². The Labute approximate surface area is 96.4 Å². The second-order valence-corrected chi connectivity index (χ2v) is 4.96.